The number of benzene rings is 1. The molecule has 0 bridgehead atoms. The molecule has 0 aliphatic carbocycles. The molecule has 7 heteroatoms. The summed E-state index contributed by atoms with van der Waals surface area (Å²) in [5, 5.41) is 0. The smallest absolute Gasteiger partial charge is 0.240 e. The van der Waals surface area contributed by atoms with Crippen molar-refractivity contribution in [2.24, 2.45) is 0 Å². The molecule has 0 spiro atoms. The van der Waals surface area contributed by atoms with Crippen LogP contribution in [0.25, 0.3) is 0 Å². The zero-order chi connectivity index (χ0) is 20.1. The average molecular weight is 390 g/mol. The Morgan fingerprint density at radius 2 is 1.78 bits per heavy atom. The van der Waals surface area contributed by atoms with Gasteiger partial charge in [-0.1, -0.05) is 39.0 Å². The molecule has 2 aromatic rings. The molecule has 1 amide bonds. The summed E-state index contributed by atoms with van der Waals surface area (Å²) in [6, 6.07) is 12.4. The Bertz CT molecular complexity index is 858. The average Bonchev–Trinajstić information content (AvgIpc) is 2.61. The zero-order valence-corrected chi connectivity index (χ0v) is 17.1. The molecule has 0 radical (unpaired) electrons. The third-order valence-corrected chi connectivity index (χ3v) is 5.71. The predicted molar refractivity (Wildman–Crippen MR) is 106 cm³/mol. The van der Waals surface area contributed by atoms with E-state index in [2.05, 4.69) is 30.5 Å². The molecule has 27 heavy (non-hydrogen) atoms. The Kier molecular flexibility index (Phi) is 6.73. The molecule has 1 N–H and O–H groups in total. The molecule has 1 aromatic heterocycles. The van der Waals surface area contributed by atoms with Crippen molar-refractivity contribution in [1.82, 2.24) is 14.6 Å². The first kappa shape index (κ1) is 21.1. The minimum absolute atomic E-state index is 0.0385. The normalized spacial score (nSPS) is 12.0. The standard InChI is InChI=1S/C20H27N3O3S/c1-16(24)23(15-18-7-5-6-12-21-18)14-13-22-27(25,26)19-10-8-17(9-11-19)20(2,3)4/h5-12,22H,13-15H2,1-4H3. The molecule has 0 aliphatic heterocycles. The number of carbonyl (C=O) groups excluding carboxylic acids is 1. The second-order valence-electron chi connectivity index (χ2n) is 7.43. The van der Waals surface area contributed by atoms with Gasteiger partial charge in [-0.05, 0) is 35.2 Å². The third-order valence-electron chi connectivity index (χ3n) is 4.23. The Morgan fingerprint density at radius 1 is 1.11 bits per heavy atom. The number of nitrogens with one attached hydrogen (secondary N) is 1. The van der Waals surface area contributed by atoms with Crippen molar-refractivity contribution in [3.63, 3.8) is 0 Å². The second-order valence-corrected chi connectivity index (χ2v) is 9.20. The first-order valence-corrected chi connectivity index (χ1v) is 10.3. The molecule has 0 atom stereocenters. The number of pyridine rings is 1. The van der Waals surface area contributed by atoms with Gasteiger partial charge in [0.2, 0.25) is 15.9 Å². The highest BCUT2D eigenvalue weighted by atomic mass is 32.2. The second kappa shape index (κ2) is 8.63. The van der Waals surface area contributed by atoms with E-state index in [9.17, 15) is 13.2 Å². The van der Waals surface area contributed by atoms with Crippen LogP contribution >= 0.6 is 0 Å². The summed E-state index contributed by atoms with van der Waals surface area (Å²) in [6.45, 7) is 8.44. The van der Waals surface area contributed by atoms with E-state index >= 15 is 0 Å². The molecule has 0 saturated heterocycles. The molecular formula is C20H27N3O3S. The van der Waals surface area contributed by atoms with Gasteiger partial charge in [0.15, 0.2) is 0 Å². The Morgan fingerprint density at radius 3 is 2.30 bits per heavy atom. The van der Waals surface area contributed by atoms with Crippen LogP contribution in [0.1, 0.15) is 39.0 Å². The maximum Gasteiger partial charge on any atom is 0.240 e. The molecule has 146 valence electrons. The molecule has 0 saturated carbocycles. The van der Waals surface area contributed by atoms with E-state index in [1.165, 1.54) is 6.92 Å². The molecule has 0 fully saturated rings. The van der Waals surface area contributed by atoms with Gasteiger partial charge in [-0.2, -0.15) is 0 Å². The van der Waals surface area contributed by atoms with Gasteiger partial charge in [0, 0.05) is 26.2 Å². The molecule has 0 unspecified atom stereocenters. The highest BCUT2D eigenvalue weighted by Crippen LogP contribution is 2.23. The van der Waals surface area contributed by atoms with Gasteiger partial charge in [-0.15, -0.1) is 0 Å². The van der Waals surface area contributed by atoms with Crippen LogP contribution in [-0.4, -0.2) is 37.3 Å². The minimum atomic E-state index is -3.62. The first-order valence-electron chi connectivity index (χ1n) is 8.85. The summed E-state index contributed by atoms with van der Waals surface area (Å²) in [6.07, 6.45) is 1.66. The molecule has 1 heterocycles. The van der Waals surface area contributed by atoms with E-state index in [0.717, 1.165) is 11.3 Å². The number of rotatable bonds is 7. The summed E-state index contributed by atoms with van der Waals surface area (Å²) in [4.78, 5) is 17.8. The number of sulfonamides is 1. The van der Waals surface area contributed by atoms with Gasteiger partial charge in [0.1, 0.15) is 0 Å². The van der Waals surface area contributed by atoms with E-state index in [0.29, 0.717) is 6.54 Å². The number of hydrogen-bond acceptors (Lipinski definition) is 4. The van der Waals surface area contributed by atoms with Crippen molar-refractivity contribution in [3.05, 3.63) is 59.9 Å². The van der Waals surface area contributed by atoms with Gasteiger partial charge in [-0.25, -0.2) is 13.1 Å². The fraction of sp³-hybridized carbons (Fsp3) is 0.400. The monoisotopic (exact) mass is 389 g/mol. The lowest BCUT2D eigenvalue weighted by Crippen LogP contribution is -2.37. The van der Waals surface area contributed by atoms with Gasteiger partial charge < -0.3 is 4.90 Å². The van der Waals surface area contributed by atoms with Crippen LogP contribution in [-0.2, 0) is 26.8 Å². The van der Waals surface area contributed by atoms with Crippen molar-refractivity contribution in [2.75, 3.05) is 13.1 Å². The highest BCUT2D eigenvalue weighted by molar-refractivity contribution is 7.89. The summed E-state index contributed by atoms with van der Waals surface area (Å²) in [5.74, 6) is -0.130. The maximum atomic E-state index is 12.5. The summed E-state index contributed by atoms with van der Waals surface area (Å²) >= 11 is 0. The fourth-order valence-corrected chi connectivity index (χ4v) is 3.59. The molecule has 0 aliphatic rings. The zero-order valence-electron chi connectivity index (χ0n) is 16.3. The lowest BCUT2D eigenvalue weighted by Gasteiger charge is -2.21. The van der Waals surface area contributed by atoms with Crippen LogP contribution in [0.2, 0.25) is 0 Å². The molecule has 1 aromatic carbocycles. The topological polar surface area (TPSA) is 79.4 Å². The summed E-state index contributed by atoms with van der Waals surface area (Å²) in [7, 11) is -3.62. The first-order chi connectivity index (χ1) is 12.6. The van der Waals surface area contributed by atoms with Crippen LogP contribution in [0.4, 0.5) is 0 Å². The fourth-order valence-electron chi connectivity index (χ4n) is 2.57. The van der Waals surface area contributed by atoms with E-state index in [1.807, 2.05) is 24.3 Å². The Labute approximate surface area is 161 Å². The SMILES string of the molecule is CC(=O)N(CCNS(=O)(=O)c1ccc(C(C)(C)C)cc1)Cc1ccccn1. The molecule has 2 rings (SSSR count). The van der Waals surface area contributed by atoms with E-state index in [4.69, 9.17) is 0 Å². The molecule has 6 nitrogen and oxygen atoms in total. The quantitative estimate of drug-likeness (QED) is 0.790. The maximum absolute atomic E-state index is 12.5. The predicted octanol–water partition coefficient (Wildman–Crippen LogP) is 2.71. The van der Waals surface area contributed by atoms with E-state index in [1.54, 1.807) is 29.3 Å². The van der Waals surface area contributed by atoms with Crippen molar-refractivity contribution in [2.45, 2.75) is 44.6 Å². The largest absolute Gasteiger partial charge is 0.336 e. The van der Waals surface area contributed by atoms with Gasteiger partial charge >= 0.3 is 0 Å². The van der Waals surface area contributed by atoms with Crippen LogP contribution in [0.5, 0.6) is 0 Å². The van der Waals surface area contributed by atoms with Gasteiger partial charge in [0.25, 0.3) is 0 Å². The number of aromatic nitrogens is 1. The van der Waals surface area contributed by atoms with Crippen LogP contribution in [0.3, 0.4) is 0 Å². The Hall–Kier alpha value is -2.25. The highest BCUT2D eigenvalue weighted by Gasteiger charge is 2.18. The Balaban J connectivity index is 1.98. The number of amides is 1. The molecular weight excluding hydrogens is 362 g/mol. The van der Waals surface area contributed by atoms with Crippen molar-refractivity contribution in [3.8, 4) is 0 Å². The van der Waals surface area contributed by atoms with E-state index in [-0.39, 0.29) is 29.3 Å². The summed E-state index contributed by atoms with van der Waals surface area (Å²) < 4.78 is 27.5. The number of hydrogen-bond donors (Lipinski definition) is 1. The van der Waals surface area contributed by atoms with Gasteiger partial charge in [-0.3, -0.25) is 9.78 Å². The minimum Gasteiger partial charge on any atom is -0.336 e. The van der Waals surface area contributed by atoms with Crippen molar-refractivity contribution in [1.29, 1.82) is 0 Å². The lowest BCUT2D eigenvalue weighted by molar-refractivity contribution is -0.129. The van der Waals surface area contributed by atoms with Crippen LogP contribution in [0.15, 0.2) is 53.6 Å². The lowest BCUT2D eigenvalue weighted by atomic mass is 9.87. The summed E-state index contributed by atoms with van der Waals surface area (Å²) in [5.41, 5.74) is 1.79. The third kappa shape index (κ3) is 6.15. The van der Waals surface area contributed by atoms with E-state index < -0.39 is 10.0 Å². The van der Waals surface area contributed by atoms with Crippen LogP contribution < -0.4 is 4.72 Å². The van der Waals surface area contributed by atoms with Crippen molar-refractivity contribution >= 4 is 15.9 Å². The van der Waals surface area contributed by atoms with Gasteiger partial charge in [0.05, 0.1) is 17.1 Å². The number of nitrogens with zero attached hydrogens (tertiary/aromatic N) is 2. The number of carbonyl (C=O) groups is 1. The van der Waals surface area contributed by atoms with Crippen LogP contribution in [0, 0.1) is 0 Å². The van der Waals surface area contributed by atoms with Crippen molar-refractivity contribution < 1.29 is 13.2 Å².